The molecule has 94 valence electrons. The molecule has 2 rings (SSSR count). The minimum atomic E-state index is 0.0399. The van der Waals surface area contributed by atoms with E-state index in [-0.39, 0.29) is 12.4 Å². The number of rotatable bonds is 5. The zero-order valence-corrected chi connectivity index (χ0v) is 12.5. The summed E-state index contributed by atoms with van der Waals surface area (Å²) in [7, 11) is 0. The predicted molar refractivity (Wildman–Crippen MR) is 77.7 cm³/mol. The number of thiophene rings is 1. The summed E-state index contributed by atoms with van der Waals surface area (Å²) in [4.78, 5) is 12.8. The number of hydrogen-bond donors (Lipinski definition) is 0. The van der Waals surface area contributed by atoms with Gasteiger partial charge in [-0.3, -0.25) is 4.79 Å². The van der Waals surface area contributed by atoms with E-state index in [1.54, 1.807) is 35.6 Å². The predicted octanol–water partition coefficient (Wildman–Crippen LogP) is 4.35. The number of ether oxygens (including phenoxy) is 1. The van der Waals surface area contributed by atoms with Gasteiger partial charge in [0.25, 0.3) is 0 Å². The van der Waals surface area contributed by atoms with Crippen molar-refractivity contribution in [2.75, 3.05) is 6.61 Å². The Bertz CT molecular complexity index is 553. The third-order valence-electron chi connectivity index (χ3n) is 2.24. The van der Waals surface area contributed by atoms with Crippen LogP contribution in [0.2, 0.25) is 5.02 Å². The number of Topliss-reactive ketones (excluding diaryl/α,β-unsaturated/α-hetero) is 1. The first-order valence-electron chi connectivity index (χ1n) is 5.27. The molecule has 0 aliphatic rings. The van der Waals surface area contributed by atoms with E-state index in [1.165, 1.54) is 0 Å². The van der Waals surface area contributed by atoms with Crippen LogP contribution in [-0.2, 0) is 11.2 Å². The van der Waals surface area contributed by atoms with Crippen LogP contribution in [0.25, 0.3) is 0 Å². The van der Waals surface area contributed by atoms with Crippen LogP contribution in [-0.4, -0.2) is 12.4 Å². The van der Waals surface area contributed by atoms with Crippen molar-refractivity contribution in [2.24, 2.45) is 0 Å². The van der Waals surface area contributed by atoms with Crippen LogP contribution in [0.4, 0.5) is 0 Å². The summed E-state index contributed by atoms with van der Waals surface area (Å²) in [6, 6.07) is 8.96. The Morgan fingerprint density at radius 1 is 1.39 bits per heavy atom. The van der Waals surface area contributed by atoms with Gasteiger partial charge in [0, 0.05) is 20.8 Å². The van der Waals surface area contributed by atoms with Gasteiger partial charge in [-0.1, -0.05) is 17.7 Å². The Labute approximate surface area is 123 Å². The Hall–Kier alpha value is -0.840. The van der Waals surface area contributed by atoms with Gasteiger partial charge in [-0.05, 0) is 45.6 Å². The lowest BCUT2D eigenvalue weighted by Crippen LogP contribution is -2.13. The van der Waals surface area contributed by atoms with Crippen LogP contribution in [0.3, 0.4) is 0 Å². The molecule has 2 aromatic rings. The van der Waals surface area contributed by atoms with E-state index in [4.69, 9.17) is 16.3 Å². The molecule has 0 atom stereocenters. The lowest BCUT2D eigenvalue weighted by molar-refractivity contribution is -0.120. The average Bonchev–Trinajstić information content (AvgIpc) is 2.73. The van der Waals surface area contributed by atoms with E-state index in [0.29, 0.717) is 17.2 Å². The van der Waals surface area contributed by atoms with Gasteiger partial charge in [-0.25, -0.2) is 0 Å². The van der Waals surface area contributed by atoms with Gasteiger partial charge >= 0.3 is 0 Å². The fourth-order valence-corrected chi connectivity index (χ4v) is 3.10. The molecule has 0 amide bonds. The monoisotopic (exact) mass is 344 g/mol. The summed E-state index contributed by atoms with van der Waals surface area (Å²) in [6.07, 6.45) is 0.388. The molecular weight excluding hydrogens is 336 g/mol. The molecule has 1 aromatic heterocycles. The zero-order valence-electron chi connectivity index (χ0n) is 9.36. The first-order valence-corrected chi connectivity index (χ1v) is 7.32. The Morgan fingerprint density at radius 2 is 2.22 bits per heavy atom. The SMILES string of the molecule is O=C(COc1cccc(Cl)c1)Cc1sccc1Br. The molecule has 0 saturated carbocycles. The van der Waals surface area contributed by atoms with Gasteiger partial charge in [0.1, 0.15) is 12.4 Å². The number of carbonyl (C=O) groups is 1. The van der Waals surface area contributed by atoms with Crippen LogP contribution in [0, 0.1) is 0 Å². The van der Waals surface area contributed by atoms with Crippen molar-refractivity contribution < 1.29 is 9.53 Å². The van der Waals surface area contributed by atoms with E-state index >= 15 is 0 Å². The molecule has 0 aliphatic carbocycles. The van der Waals surface area contributed by atoms with Crippen LogP contribution < -0.4 is 4.74 Å². The summed E-state index contributed by atoms with van der Waals surface area (Å²) >= 11 is 10.8. The summed E-state index contributed by atoms with van der Waals surface area (Å²) in [6.45, 7) is 0.0602. The number of benzene rings is 1. The highest BCUT2D eigenvalue weighted by Crippen LogP contribution is 2.23. The maximum absolute atomic E-state index is 11.7. The van der Waals surface area contributed by atoms with E-state index in [1.807, 2.05) is 11.4 Å². The maximum atomic E-state index is 11.7. The van der Waals surface area contributed by atoms with Crippen LogP contribution >= 0.6 is 38.9 Å². The third kappa shape index (κ3) is 3.83. The lowest BCUT2D eigenvalue weighted by Gasteiger charge is -2.05. The lowest BCUT2D eigenvalue weighted by atomic mass is 10.2. The van der Waals surface area contributed by atoms with E-state index in [9.17, 15) is 4.79 Å². The second-order valence-corrected chi connectivity index (χ2v) is 5.94. The molecule has 0 unspecified atom stereocenters. The summed E-state index contributed by atoms with van der Waals surface area (Å²) in [5.41, 5.74) is 0. The molecule has 5 heteroatoms. The molecule has 2 nitrogen and oxygen atoms in total. The minimum Gasteiger partial charge on any atom is -0.486 e. The van der Waals surface area contributed by atoms with Crippen LogP contribution in [0.1, 0.15) is 4.88 Å². The number of ketones is 1. The third-order valence-corrected chi connectivity index (χ3v) is 4.41. The number of halogens is 2. The molecule has 0 bridgehead atoms. The van der Waals surface area contributed by atoms with Crippen molar-refractivity contribution in [3.8, 4) is 5.75 Å². The van der Waals surface area contributed by atoms with Gasteiger partial charge in [0.15, 0.2) is 5.78 Å². The molecule has 1 aromatic carbocycles. The highest BCUT2D eigenvalue weighted by molar-refractivity contribution is 9.10. The zero-order chi connectivity index (χ0) is 13.0. The largest absolute Gasteiger partial charge is 0.486 e. The van der Waals surface area contributed by atoms with Gasteiger partial charge < -0.3 is 4.74 Å². The molecule has 18 heavy (non-hydrogen) atoms. The molecular formula is C13H10BrClO2S. The van der Waals surface area contributed by atoms with Gasteiger partial charge in [0.05, 0.1) is 0 Å². The van der Waals surface area contributed by atoms with Crippen molar-refractivity contribution in [2.45, 2.75) is 6.42 Å². The molecule has 0 saturated heterocycles. The Kier molecular flexibility index (Phi) is 4.80. The summed E-state index contributed by atoms with van der Waals surface area (Å²) in [5.74, 6) is 0.652. The molecule has 1 heterocycles. The van der Waals surface area contributed by atoms with Gasteiger partial charge in [-0.2, -0.15) is 0 Å². The van der Waals surface area contributed by atoms with Crippen LogP contribution in [0.15, 0.2) is 40.2 Å². The minimum absolute atomic E-state index is 0.0399. The standard InChI is InChI=1S/C13H10BrClO2S/c14-12-4-5-18-13(12)7-10(16)8-17-11-3-1-2-9(15)6-11/h1-6H,7-8H2. The normalized spacial score (nSPS) is 10.3. The average molecular weight is 346 g/mol. The van der Waals surface area contributed by atoms with E-state index in [0.717, 1.165) is 9.35 Å². The molecule has 0 spiro atoms. The fraction of sp³-hybridized carbons (Fsp3) is 0.154. The summed E-state index contributed by atoms with van der Waals surface area (Å²) in [5, 5.41) is 2.55. The van der Waals surface area contributed by atoms with E-state index < -0.39 is 0 Å². The summed E-state index contributed by atoms with van der Waals surface area (Å²) < 4.78 is 6.37. The van der Waals surface area contributed by atoms with Crippen molar-refractivity contribution in [1.82, 2.24) is 0 Å². The Balaban J connectivity index is 1.87. The van der Waals surface area contributed by atoms with Crippen molar-refractivity contribution >= 4 is 44.7 Å². The molecule has 0 N–H and O–H groups in total. The van der Waals surface area contributed by atoms with Gasteiger partial charge in [-0.15, -0.1) is 11.3 Å². The van der Waals surface area contributed by atoms with Crippen molar-refractivity contribution in [1.29, 1.82) is 0 Å². The quantitative estimate of drug-likeness (QED) is 0.805. The first-order chi connectivity index (χ1) is 8.65. The maximum Gasteiger partial charge on any atom is 0.175 e. The number of carbonyl (C=O) groups excluding carboxylic acids is 1. The molecule has 0 aliphatic heterocycles. The second kappa shape index (κ2) is 6.36. The van der Waals surface area contributed by atoms with E-state index in [2.05, 4.69) is 15.9 Å². The topological polar surface area (TPSA) is 26.3 Å². The highest BCUT2D eigenvalue weighted by atomic mass is 79.9. The molecule has 0 radical (unpaired) electrons. The van der Waals surface area contributed by atoms with Crippen molar-refractivity contribution in [3.63, 3.8) is 0 Å². The highest BCUT2D eigenvalue weighted by Gasteiger charge is 2.09. The smallest absolute Gasteiger partial charge is 0.175 e. The molecule has 0 fully saturated rings. The number of hydrogen-bond acceptors (Lipinski definition) is 3. The fourth-order valence-electron chi connectivity index (χ4n) is 1.40. The van der Waals surface area contributed by atoms with Gasteiger partial charge in [0.2, 0.25) is 0 Å². The van der Waals surface area contributed by atoms with Crippen LogP contribution in [0.5, 0.6) is 5.75 Å². The first kappa shape index (κ1) is 13.6. The second-order valence-electron chi connectivity index (χ2n) is 3.65. The Morgan fingerprint density at radius 3 is 2.89 bits per heavy atom. The van der Waals surface area contributed by atoms with Crippen molar-refractivity contribution in [3.05, 3.63) is 50.1 Å².